The van der Waals surface area contributed by atoms with Crippen molar-refractivity contribution < 1.29 is 49.4 Å². The third kappa shape index (κ3) is 3.92. The maximum atomic E-state index is 13.8. The minimum atomic E-state index is -6.68. The van der Waals surface area contributed by atoms with Crippen molar-refractivity contribution in [1.82, 2.24) is 0 Å². The largest absolute Gasteiger partial charge is 0.462 e. The number of esters is 1. The van der Waals surface area contributed by atoms with E-state index in [9.17, 15) is 44.7 Å². The summed E-state index contributed by atoms with van der Waals surface area (Å²) in [4.78, 5) is 24.4. The van der Waals surface area contributed by atoms with Gasteiger partial charge in [0, 0.05) is 4.88 Å². The number of fused-ring (bicyclic) bond motifs is 1. The molecule has 1 heterocycles. The van der Waals surface area contributed by atoms with Crippen LogP contribution in [-0.4, -0.2) is 42.7 Å². The first-order valence-corrected chi connectivity index (χ1v) is 9.15. The fraction of sp³-hybridized carbons (Fsp3) is 0.625. The van der Waals surface area contributed by atoms with E-state index in [0.717, 1.165) is 0 Å². The smallest absolute Gasteiger partial charge is 0.393 e. The third-order valence-electron chi connectivity index (χ3n) is 4.25. The summed E-state index contributed by atoms with van der Waals surface area (Å²) in [6.45, 7) is 1.32. The summed E-state index contributed by atoms with van der Waals surface area (Å²) in [5.74, 6) is -23.3. The van der Waals surface area contributed by atoms with Crippen molar-refractivity contribution in [2.45, 2.75) is 56.8 Å². The maximum absolute atomic E-state index is 13.8. The van der Waals surface area contributed by atoms with E-state index in [2.05, 4.69) is 0 Å². The lowest BCUT2D eigenvalue weighted by Gasteiger charge is -2.31. The number of carbonyl (C=O) groups is 2. The van der Waals surface area contributed by atoms with Crippen molar-refractivity contribution in [1.29, 1.82) is 0 Å². The molecular formula is C16H15F8NO3S. The summed E-state index contributed by atoms with van der Waals surface area (Å²) in [7, 11) is 0. The zero-order valence-corrected chi connectivity index (χ0v) is 15.6. The van der Waals surface area contributed by atoms with E-state index >= 15 is 0 Å². The molecule has 0 radical (unpaired) electrons. The van der Waals surface area contributed by atoms with Crippen LogP contribution < -0.4 is 5.32 Å². The first-order chi connectivity index (χ1) is 13.3. The standard InChI is InChI=1S/C16H15F8NO3S/c1-2-28-11(26)9-7-5-3-4-6-8(7)29-10(9)25-13(27)15(21,22)16(23,24)14(19,20)12(17)18/h12H,2-6H2,1H3,(H,25,27). The van der Waals surface area contributed by atoms with E-state index in [0.29, 0.717) is 47.5 Å². The van der Waals surface area contributed by atoms with Crippen molar-refractivity contribution in [3.05, 3.63) is 16.0 Å². The number of carbonyl (C=O) groups excluding carboxylic acids is 2. The molecule has 2 rings (SSSR count). The summed E-state index contributed by atoms with van der Waals surface area (Å²) >= 11 is 0.638. The van der Waals surface area contributed by atoms with Crippen molar-refractivity contribution >= 4 is 28.2 Å². The molecule has 1 aromatic heterocycles. The van der Waals surface area contributed by atoms with Crippen LogP contribution in [0.3, 0.4) is 0 Å². The van der Waals surface area contributed by atoms with Gasteiger partial charge in [0.1, 0.15) is 5.00 Å². The predicted octanol–water partition coefficient (Wildman–Crippen LogP) is 4.91. The predicted molar refractivity (Wildman–Crippen MR) is 86.4 cm³/mol. The number of rotatable bonds is 7. The summed E-state index contributed by atoms with van der Waals surface area (Å²) < 4.78 is 110. The molecule has 0 fully saturated rings. The zero-order valence-electron chi connectivity index (χ0n) is 14.8. The fourth-order valence-corrected chi connectivity index (χ4v) is 4.02. The van der Waals surface area contributed by atoms with E-state index < -0.39 is 41.1 Å². The Hall–Kier alpha value is -1.92. The summed E-state index contributed by atoms with van der Waals surface area (Å²) in [5.41, 5.74) is 0.0441. The second kappa shape index (κ2) is 8.07. The fourth-order valence-electron chi connectivity index (χ4n) is 2.74. The lowest BCUT2D eigenvalue weighted by atomic mass is 9.95. The average molecular weight is 453 g/mol. The number of halogens is 8. The monoisotopic (exact) mass is 453 g/mol. The molecule has 1 amide bonds. The molecule has 0 aromatic carbocycles. The first kappa shape index (κ1) is 23.4. The SMILES string of the molecule is CCOC(=O)c1c(NC(=O)C(F)(F)C(F)(F)C(F)(F)C(F)F)sc2c1CCCC2. The molecule has 1 aromatic rings. The van der Waals surface area contributed by atoms with Gasteiger partial charge in [0.15, 0.2) is 0 Å². The quantitative estimate of drug-likeness (QED) is 0.472. The van der Waals surface area contributed by atoms with Gasteiger partial charge < -0.3 is 10.1 Å². The van der Waals surface area contributed by atoms with Crippen LogP contribution in [0.15, 0.2) is 0 Å². The number of hydrogen-bond donors (Lipinski definition) is 1. The first-order valence-electron chi connectivity index (χ1n) is 8.33. The van der Waals surface area contributed by atoms with Crippen LogP contribution in [-0.2, 0) is 22.4 Å². The molecule has 0 saturated heterocycles. The van der Waals surface area contributed by atoms with Crippen molar-refractivity contribution in [3.63, 3.8) is 0 Å². The number of aryl methyl sites for hydroxylation is 1. The van der Waals surface area contributed by atoms with E-state index in [4.69, 9.17) is 4.74 Å². The highest BCUT2D eigenvalue weighted by Crippen LogP contribution is 2.49. The summed E-state index contributed by atoms with van der Waals surface area (Å²) in [6.07, 6.45) is -3.10. The number of alkyl halides is 8. The Morgan fingerprint density at radius 1 is 1.10 bits per heavy atom. The van der Waals surface area contributed by atoms with Gasteiger partial charge in [0.2, 0.25) is 0 Å². The summed E-state index contributed by atoms with van der Waals surface area (Å²) in [5, 5.41) is 0.748. The van der Waals surface area contributed by atoms with E-state index in [1.165, 1.54) is 12.2 Å². The molecule has 1 N–H and O–H groups in total. The van der Waals surface area contributed by atoms with E-state index in [-0.39, 0.29) is 12.2 Å². The van der Waals surface area contributed by atoms with Crippen molar-refractivity contribution in [2.75, 3.05) is 11.9 Å². The number of anilines is 1. The van der Waals surface area contributed by atoms with Crippen molar-refractivity contribution in [2.24, 2.45) is 0 Å². The molecule has 0 saturated carbocycles. The minimum absolute atomic E-state index is 0.119. The van der Waals surface area contributed by atoms with Crippen LogP contribution >= 0.6 is 11.3 Å². The van der Waals surface area contributed by atoms with Crippen LogP contribution in [0, 0.1) is 0 Å². The van der Waals surface area contributed by atoms with Crippen LogP contribution in [0.2, 0.25) is 0 Å². The lowest BCUT2D eigenvalue weighted by Crippen LogP contribution is -2.61. The van der Waals surface area contributed by atoms with Crippen LogP contribution in [0.4, 0.5) is 40.1 Å². The Morgan fingerprint density at radius 3 is 2.24 bits per heavy atom. The number of ether oxygens (including phenoxy) is 1. The van der Waals surface area contributed by atoms with E-state index in [1.54, 1.807) is 0 Å². The highest BCUT2D eigenvalue weighted by Gasteiger charge is 2.78. The molecule has 164 valence electrons. The van der Waals surface area contributed by atoms with Gasteiger partial charge in [0.25, 0.3) is 0 Å². The summed E-state index contributed by atoms with van der Waals surface area (Å²) in [6, 6.07) is 0. The molecule has 13 heteroatoms. The number of thiophene rings is 1. The van der Waals surface area contributed by atoms with E-state index in [1.807, 2.05) is 0 Å². The topological polar surface area (TPSA) is 55.4 Å². The Labute approximate surface area is 163 Å². The molecule has 4 nitrogen and oxygen atoms in total. The van der Waals surface area contributed by atoms with Crippen LogP contribution in [0.25, 0.3) is 0 Å². The normalized spacial score (nSPS) is 15.2. The minimum Gasteiger partial charge on any atom is -0.462 e. The highest BCUT2D eigenvalue weighted by molar-refractivity contribution is 7.17. The van der Waals surface area contributed by atoms with Gasteiger partial charge in [-0.2, -0.15) is 26.3 Å². The molecule has 1 aliphatic carbocycles. The van der Waals surface area contributed by atoms with Crippen molar-refractivity contribution in [3.8, 4) is 0 Å². The molecule has 0 aliphatic heterocycles. The number of nitrogens with one attached hydrogen (secondary N) is 1. The molecule has 29 heavy (non-hydrogen) atoms. The maximum Gasteiger partial charge on any atom is 0.393 e. The molecular weight excluding hydrogens is 438 g/mol. The van der Waals surface area contributed by atoms with Gasteiger partial charge in [-0.25, -0.2) is 13.6 Å². The second-order valence-electron chi connectivity index (χ2n) is 6.16. The van der Waals surface area contributed by atoms with Crippen LogP contribution in [0.5, 0.6) is 0 Å². The van der Waals surface area contributed by atoms with Crippen LogP contribution in [0.1, 0.15) is 40.6 Å². The molecule has 1 aliphatic rings. The third-order valence-corrected chi connectivity index (χ3v) is 5.46. The lowest BCUT2D eigenvalue weighted by molar-refractivity contribution is -0.326. The van der Waals surface area contributed by atoms with Gasteiger partial charge >= 0.3 is 36.1 Å². The molecule has 0 unspecified atom stereocenters. The van der Waals surface area contributed by atoms with Gasteiger partial charge in [-0.3, -0.25) is 4.79 Å². The Morgan fingerprint density at radius 2 is 1.69 bits per heavy atom. The molecule has 0 atom stereocenters. The Balaban J connectivity index is 2.42. The Bertz CT molecular complexity index is 793. The Kier molecular flexibility index (Phi) is 6.50. The molecule has 0 spiro atoms. The zero-order chi connectivity index (χ0) is 22.2. The number of hydrogen-bond acceptors (Lipinski definition) is 4. The second-order valence-corrected chi connectivity index (χ2v) is 7.27. The number of amides is 1. The highest BCUT2D eigenvalue weighted by atomic mass is 32.1. The van der Waals surface area contributed by atoms with Gasteiger partial charge in [-0.05, 0) is 38.2 Å². The van der Waals surface area contributed by atoms with Gasteiger partial charge in [-0.1, -0.05) is 0 Å². The van der Waals surface area contributed by atoms with Gasteiger partial charge in [-0.15, -0.1) is 11.3 Å². The van der Waals surface area contributed by atoms with Gasteiger partial charge in [0.05, 0.1) is 12.2 Å². The molecule has 0 bridgehead atoms. The average Bonchev–Trinajstić information content (AvgIpc) is 2.99.